The average molecular weight is 426 g/mol. The third-order valence-corrected chi connectivity index (χ3v) is 6.17. The first-order valence-electron chi connectivity index (χ1n) is 8.98. The van der Waals surface area contributed by atoms with Crippen molar-refractivity contribution in [3.63, 3.8) is 0 Å². The molecule has 0 unspecified atom stereocenters. The van der Waals surface area contributed by atoms with Crippen LogP contribution in [0.15, 0.2) is 58.2 Å². The molecule has 0 saturated heterocycles. The van der Waals surface area contributed by atoms with Crippen molar-refractivity contribution in [2.45, 2.75) is 25.3 Å². The number of aromatic carboxylic acids is 1. The molecule has 4 rings (SSSR count). The lowest BCUT2D eigenvalue weighted by Crippen LogP contribution is -2.14. The second kappa shape index (κ2) is 7.30. The minimum absolute atomic E-state index is 0.0976. The number of carboxylic acids is 1. The van der Waals surface area contributed by atoms with Gasteiger partial charge in [0.15, 0.2) is 11.4 Å². The number of hydrogen-bond acceptors (Lipinski definition) is 6. The quantitative estimate of drug-likeness (QED) is 0.485. The van der Waals surface area contributed by atoms with Crippen molar-refractivity contribution in [3.05, 3.63) is 71.0 Å². The zero-order chi connectivity index (χ0) is 21.5. The molecular formula is C20H18N4O5S. The van der Waals surface area contributed by atoms with Gasteiger partial charge in [-0.15, -0.1) is 0 Å². The van der Waals surface area contributed by atoms with Gasteiger partial charge in [0, 0.05) is 6.20 Å². The Hall–Kier alpha value is -3.66. The van der Waals surface area contributed by atoms with Gasteiger partial charge in [0.2, 0.25) is 0 Å². The number of fused-ring (bicyclic) bond motifs is 1. The van der Waals surface area contributed by atoms with E-state index in [1.54, 1.807) is 31.2 Å². The van der Waals surface area contributed by atoms with Crippen LogP contribution in [-0.4, -0.2) is 34.4 Å². The second-order valence-electron chi connectivity index (χ2n) is 6.92. The van der Waals surface area contributed by atoms with E-state index in [0.29, 0.717) is 23.1 Å². The van der Waals surface area contributed by atoms with Crippen molar-refractivity contribution in [2.24, 2.45) is 0 Å². The van der Waals surface area contributed by atoms with Gasteiger partial charge in [0.05, 0.1) is 28.6 Å². The van der Waals surface area contributed by atoms with E-state index in [2.05, 4.69) is 15.0 Å². The molecule has 0 aliphatic rings. The maximum atomic E-state index is 12.8. The zero-order valence-corrected chi connectivity index (χ0v) is 17.0. The van der Waals surface area contributed by atoms with Gasteiger partial charge in [-0.2, -0.15) is 5.10 Å². The number of nitrogens with zero attached hydrogens (tertiary/aromatic N) is 3. The van der Waals surface area contributed by atoms with E-state index >= 15 is 0 Å². The molecule has 0 aliphatic heterocycles. The van der Waals surface area contributed by atoms with Crippen LogP contribution in [0.25, 0.3) is 11.0 Å². The van der Waals surface area contributed by atoms with Gasteiger partial charge in [-0.25, -0.2) is 13.2 Å². The fraction of sp³-hybridized carbons (Fsp3) is 0.150. The van der Waals surface area contributed by atoms with Crippen LogP contribution >= 0.6 is 0 Å². The molecule has 10 heteroatoms. The number of aryl methyl sites for hydroxylation is 2. The molecule has 0 amide bonds. The van der Waals surface area contributed by atoms with Crippen molar-refractivity contribution in [1.29, 1.82) is 0 Å². The highest BCUT2D eigenvalue weighted by Gasteiger charge is 2.21. The molecule has 2 aromatic carbocycles. The van der Waals surface area contributed by atoms with Crippen molar-refractivity contribution in [1.82, 2.24) is 14.9 Å². The van der Waals surface area contributed by atoms with Crippen molar-refractivity contribution in [3.8, 4) is 0 Å². The molecular weight excluding hydrogens is 408 g/mol. The summed E-state index contributed by atoms with van der Waals surface area (Å²) >= 11 is 0. The van der Waals surface area contributed by atoms with Crippen LogP contribution in [-0.2, 0) is 16.6 Å². The molecule has 2 heterocycles. The highest BCUT2D eigenvalue weighted by Crippen LogP contribution is 2.30. The monoisotopic (exact) mass is 426 g/mol. The van der Waals surface area contributed by atoms with Crippen molar-refractivity contribution < 1.29 is 22.8 Å². The van der Waals surface area contributed by atoms with Gasteiger partial charge in [0.25, 0.3) is 10.0 Å². The van der Waals surface area contributed by atoms with E-state index in [4.69, 9.17) is 9.63 Å². The van der Waals surface area contributed by atoms with Gasteiger partial charge < -0.3 is 9.63 Å². The molecule has 0 saturated carbocycles. The Kier molecular flexibility index (Phi) is 4.78. The Morgan fingerprint density at radius 1 is 1.20 bits per heavy atom. The van der Waals surface area contributed by atoms with E-state index in [9.17, 15) is 13.2 Å². The number of hydrogen-bond donors (Lipinski definition) is 2. The van der Waals surface area contributed by atoms with Gasteiger partial charge in [-0.3, -0.25) is 9.40 Å². The number of carboxylic acid groups (broad SMARTS) is 1. The minimum atomic E-state index is -3.83. The normalized spacial score (nSPS) is 11.7. The van der Waals surface area contributed by atoms with Crippen LogP contribution in [0.3, 0.4) is 0 Å². The summed E-state index contributed by atoms with van der Waals surface area (Å²) in [6, 6.07) is 10.3. The summed E-state index contributed by atoms with van der Waals surface area (Å²) in [7, 11) is -3.83. The molecule has 4 aromatic rings. The summed E-state index contributed by atoms with van der Waals surface area (Å²) in [6.07, 6.45) is 2.71. The van der Waals surface area contributed by atoms with E-state index in [1.807, 2.05) is 13.0 Å². The van der Waals surface area contributed by atoms with Gasteiger partial charge >= 0.3 is 5.97 Å². The lowest BCUT2D eigenvalue weighted by molar-refractivity contribution is 0.0696. The topological polar surface area (TPSA) is 127 Å². The number of anilines is 1. The van der Waals surface area contributed by atoms with Gasteiger partial charge in [-0.05, 0) is 42.7 Å². The Balaban J connectivity index is 1.65. The largest absolute Gasteiger partial charge is 0.478 e. The SMILES string of the molecule is Cc1ccccc1S(=O)(=O)Nc1noc2cc(Cn3cc(C(=O)O)cn3)cc(C)c12. The van der Waals surface area contributed by atoms with E-state index < -0.39 is 16.0 Å². The van der Waals surface area contributed by atoms with Crippen LogP contribution in [0.2, 0.25) is 0 Å². The fourth-order valence-corrected chi connectivity index (χ4v) is 4.54. The molecule has 0 fully saturated rings. The second-order valence-corrected chi connectivity index (χ2v) is 8.57. The molecule has 154 valence electrons. The van der Waals surface area contributed by atoms with Crippen LogP contribution in [0.4, 0.5) is 5.82 Å². The first-order valence-corrected chi connectivity index (χ1v) is 10.5. The third-order valence-electron chi connectivity index (χ3n) is 4.67. The Morgan fingerprint density at radius 3 is 2.67 bits per heavy atom. The molecule has 9 nitrogen and oxygen atoms in total. The van der Waals surface area contributed by atoms with E-state index in [0.717, 1.165) is 11.1 Å². The Labute approximate surface area is 172 Å². The molecule has 30 heavy (non-hydrogen) atoms. The predicted octanol–water partition coefficient (Wildman–Crippen LogP) is 3.19. The summed E-state index contributed by atoms with van der Waals surface area (Å²) in [6.45, 7) is 3.87. The standard InChI is InChI=1S/C20H18N4O5S/c1-12-5-3-4-6-17(12)30(27,28)23-19-18-13(2)7-14(8-16(18)29-22-19)10-24-11-15(9-21-24)20(25)26/h3-9,11H,10H2,1-2H3,(H,22,23)(H,25,26). The number of nitrogens with one attached hydrogen (secondary N) is 1. The molecule has 2 aromatic heterocycles. The van der Waals surface area contributed by atoms with Gasteiger partial charge in [-0.1, -0.05) is 29.4 Å². The highest BCUT2D eigenvalue weighted by atomic mass is 32.2. The molecule has 0 bridgehead atoms. The molecule has 0 radical (unpaired) electrons. The Morgan fingerprint density at radius 2 is 1.97 bits per heavy atom. The smallest absolute Gasteiger partial charge is 0.338 e. The summed E-state index contributed by atoms with van der Waals surface area (Å²) in [5.74, 6) is -0.932. The van der Waals surface area contributed by atoms with Gasteiger partial charge in [0.1, 0.15) is 0 Å². The molecule has 0 aliphatic carbocycles. The summed E-state index contributed by atoms with van der Waals surface area (Å²) < 4.78 is 35.0. The number of aromatic nitrogens is 3. The number of carbonyl (C=O) groups is 1. The first kappa shape index (κ1) is 19.6. The summed E-state index contributed by atoms with van der Waals surface area (Å²) in [4.78, 5) is 11.2. The van der Waals surface area contributed by atoms with Crippen LogP contribution in [0, 0.1) is 13.8 Å². The van der Waals surface area contributed by atoms with Crippen molar-refractivity contribution in [2.75, 3.05) is 4.72 Å². The van der Waals surface area contributed by atoms with E-state index in [1.165, 1.54) is 23.1 Å². The van der Waals surface area contributed by atoms with Crippen LogP contribution < -0.4 is 4.72 Å². The molecule has 0 atom stereocenters. The van der Waals surface area contributed by atoms with Crippen LogP contribution in [0.1, 0.15) is 27.0 Å². The maximum Gasteiger partial charge on any atom is 0.338 e. The fourth-order valence-electron chi connectivity index (χ4n) is 3.29. The number of sulfonamides is 1. The van der Waals surface area contributed by atoms with Crippen LogP contribution in [0.5, 0.6) is 0 Å². The number of rotatable bonds is 6. The van der Waals surface area contributed by atoms with E-state index in [-0.39, 0.29) is 16.3 Å². The third kappa shape index (κ3) is 3.64. The van der Waals surface area contributed by atoms with Crippen molar-refractivity contribution >= 4 is 32.8 Å². The molecule has 0 spiro atoms. The lowest BCUT2D eigenvalue weighted by atomic mass is 10.1. The Bertz CT molecular complexity index is 1370. The predicted molar refractivity (Wildman–Crippen MR) is 109 cm³/mol. The number of benzene rings is 2. The summed E-state index contributed by atoms with van der Waals surface area (Å²) in [5, 5.41) is 17.5. The summed E-state index contributed by atoms with van der Waals surface area (Å²) in [5.41, 5.74) is 2.71. The zero-order valence-electron chi connectivity index (χ0n) is 16.2. The first-order chi connectivity index (χ1) is 14.2. The highest BCUT2D eigenvalue weighted by molar-refractivity contribution is 7.92. The minimum Gasteiger partial charge on any atom is -0.478 e. The average Bonchev–Trinajstić information content (AvgIpc) is 3.29. The maximum absolute atomic E-state index is 12.8. The molecule has 2 N–H and O–H groups in total. The lowest BCUT2D eigenvalue weighted by Gasteiger charge is -2.09.